The first-order chi connectivity index (χ1) is 10.3. The molecule has 0 spiro atoms. The number of rotatable bonds is 2. The van der Waals surface area contributed by atoms with Crippen LogP contribution in [-0.2, 0) is 4.74 Å². The first-order valence-corrected chi connectivity index (χ1v) is 7.53. The zero-order valence-corrected chi connectivity index (χ0v) is 13.3. The normalized spacial score (nSPS) is 18.1. The third-order valence-electron chi connectivity index (χ3n) is 3.76. The summed E-state index contributed by atoms with van der Waals surface area (Å²) in [6.45, 7) is 6.49. The van der Waals surface area contributed by atoms with Crippen LogP contribution >= 0.6 is 0 Å². The Labute approximate surface area is 130 Å². The van der Waals surface area contributed by atoms with Crippen molar-refractivity contribution < 1.29 is 19.0 Å². The van der Waals surface area contributed by atoms with Crippen molar-refractivity contribution >= 4 is 6.09 Å². The molecular formula is C16H23FN2O3. The molecule has 1 aromatic rings. The Bertz CT molecular complexity index is 522. The molecule has 1 amide bonds. The van der Waals surface area contributed by atoms with Crippen molar-refractivity contribution in [3.8, 4) is 0 Å². The molecule has 1 atom stereocenters. The molecule has 22 heavy (non-hydrogen) atoms. The Balaban J connectivity index is 1.92. The second kappa shape index (κ2) is 6.60. The molecule has 1 aliphatic rings. The number of ether oxygens (including phenoxy) is 1. The van der Waals surface area contributed by atoms with E-state index in [-0.39, 0.29) is 17.6 Å². The highest BCUT2D eigenvalue weighted by Crippen LogP contribution is 2.32. The van der Waals surface area contributed by atoms with Gasteiger partial charge in [0.15, 0.2) is 0 Å². The number of aliphatic hydroxyl groups is 1. The Morgan fingerprint density at radius 1 is 1.45 bits per heavy atom. The van der Waals surface area contributed by atoms with Gasteiger partial charge < -0.3 is 14.7 Å². The van der Waals surface area contributed by atoms with Crippen molar-refractivity contribution in [1.82, 2.24) is 9.88 Å². The standard InChI is InChI=1S/C16H23FN2O3/c1-16(2,3)22-15(21)19-8-5-11(6-9-19)14(20)12-4-7-18-10-13(12)17/h4,7,10-11,14,20H,5-6,8-9H2,1-3H3/t14-/m0/s1. The molecule has 2 heterocycles. The molecule has 0 unspecified atom stereocenters. The van der Waals surface area contributed by atoms with E-state index in [9.17, 15) is 14.3 Å². The van der Waals surface area contributed by atoms with Gasteiger partial charge in [0.25, 0.3) is 0 Å². The van der Waals surface area contributed by atoms with Crippen molar-refractivity contribution in [2.45, 2.75) is 45.3 Å². The molecule has 122 valence electrons. The van der Waals surface area contributed by atoms with Crippen LogP contribution in [0, 0.1) is 11.7 Å². The van der Waals surface area contributed by atoms with E-state index in [1.165, 1.54) is 12.3 Å². The predicted molar refractivity (Wildman–Crippen MR) is 79.7 cm³/mol. The fourth-order valence-corrected chi connectivity index (χ4v) is 2.60. The largest absolute Gasteiger partial charge is 0.444 e. The van der Waals surface area contributed by atoms with E-state index < -0.39 is 17.5 Å². The third kappa shape index (κ3) is 4.16. The summed E-state index contributed by atoms with van der Waals surface area (Å²) >= 11 is 0. The predicted octanol–water partition coefficient (Wildman–Crippen LogP) is 2.90. The molecule has 1 fully saturated rings. The topological polar surface area (TPSA) is 62.7 Å². The zero-order valence-electron chi connectivity index (χ0n) is 13.3. The number of carbonyl (C=O) groups is 1. The Morgan fingerprint density at radius 2 is 2.09 bits per heavy atom. The fraction of sp³-hybridized carbons (Fsp3) is 0.625. The Kier molecular flexibility index (Phi) is 5.01. The summed E-state index contributed by atoms with van der Waals surface area (Å²) in [4.78, 5) is 17.3. The summed E-state index contributed by atoms with van der Waals surface area (Å²) < 4.78 is 19.0. The van der Waals surface area contributed by atoms with Crippen LogP contribution in [0.1, 0.15) is 45.3 Å². The van der Waals surface area contributed by atoms with E-state index in [4.69, 9.17) is 4.74 Å². The van der Waals surface area contributed by atoms with Gasteiger partial charge in [-0.15, -0.1) is 0 Å². The van der Waals surface area contributed by atoms with E-state index in [1.807, 2.05) is 20.8 Å². The molecule has 1 aromatic heterocycles. The number of aromatic nitrogens is 1. The van der Waals surface area contributed by atoms with Crippen LogP contribution in [0.15, 0.2) is 18.5 Å². The number of amides is 1. The number of pyridine rings is 1. The van der Waals surface area contributed by atoms with Gasteiger partial charge in [0.05, 0.1) is 12.3 Å². The van der Waals surface area contributed by atoms with Gasteiger partial charge in [-0.2, -0.15) is 0 Å². The minimum absolute atomic E-state index is 0.0735. The Morgan fingerprint density at radius 3 is 2.64 bits per heavy atom. The van der Waals surface area contributed by atoms with Crippen LogP contribution in [0.5, 0.6) is 0 Å². The molecule has 6 heteroatoms. The lowest BCUT2D eigenvalue weighted by Gasteiger charge is -2.35. The zero-order chi connectivity index (χ0) is 16.3. The molecule has 0 bridgehead atoms. The number of likely N-dealkylation sites (tertiary alicyclic amines) is 1. The maximum atomic E-state index is 13.7. The van der Waals surface area contributed by atoms with Crippen molar-refractivity contribution in [2.75, 3.05) is 13.1 Å². The number of halogens is 1. The van der Waals surface area contributed by atoms with Crippen molar-refractivity contribution in [3.63, 3.8) is 0 Å². The van der Waals surface area contributed by atoms with Crippen LogP contribution in [-0.4, -0.2) is 39.8 Å². The van der Waals surface area contributed by atoms with Crippen molar-refractivity contribution in [2.24, 2.45) is 5.92 Å². The number of piperidine rings is 1. The highest BCUT2D eigenvalue weighted by atomic mass is 19.1. The lowest BCUT2D eigenvalue weighted by atomic mass is 9.88. The molecule has 1 aliphatic heterocycles. The number of hydrogen-bond donors (Lipinski definition) is 1. The van der Waals surface area contributed by atoms with Gasteiger partial charge in [-0.05, 0) is 45.6 Å². The van der Waals surface area contributed by atoms with Crippen molar-refractivity contribution in [1.29, 1.82) is 0 Å². The summed E-state index contributed by atoms with van der Waals surface area (Å²) in [6.07, 6.45) is 2.59. The molecule has 0 radical (unpaired) electrons. The first kappa shape index (κ1) is 16.7. The van der Waals surface area contributed by atoms with E-state index in [1.54, 1.807) is 4.90 Å². The van der Waals surface area contributed by atoms with Gasteiger partial charge in [0.1, 0.15) is 11.4 Å². The van der Waals surface area contributed by atoms with E-state index in [0.717, 1.165) is 6.20 Å². The van der Waals surface area contributed by atoms with Gasteiger partial charge in [-0.25, -0.2) is 9.18 Å². The van der Waals surface area contributed by atoms with Crippen LogP contribution in [0.3, 0.4) is 0 Å². The van der Waals surface area contributed by atoms with Gasteiger partial charge in [0, 0.05) is 24.8 Å². The van der Waals surface area contributed by atoms with Crippen LogP contribution in [0.4, 0.5) is 9.18 Å². The molecular weight excluding hydrogens is 287 g/mol. The minimum atomic E-state index is -0.871. The summed E-state index contributed by atoms with van der Waals surface area (Å²) in [5, 5.41) is 10.3. The number of hydrogen-bond acceptors (Lipinski definition) is 4. The highest BCUT2D eigenvalue weighted by molar-refractivity contribution is 5.68. The van der Waals surface area contributed by atoms with Gasteiger partial charge >= 0.3 is 6.09 Å². The van der Waals surface area contributed by atoms with Crippen molar-refractivity contribution in [3.05, 3.63) is 29.8 Å². The summed E-state index contributed by atoms with van der Waals surface area (Å²) in [6, 6.07) is 1.50. The lowest BCUT2D eigenvalue weighted by Crippen LogP contribution is -2.42. The second-order valence-electron chi connectivity index (χ2n) is 6.65. The highest BCUT2D eigenvalue weighted by Gasteiger charge is 2.31. The number of nitrogens with zero attached hydrogens (tertiary/aromatic N) is 2. The molecule has 5 nitrogen and oxygen atoms in total. The monoisotopic (exact) mass is 310 g/mol. The summed E-state index contributed by atoms with van der Waals surface area (Å²) in [7, 11) is 0. The van der Waals surface area contributed by atoms with Crippen LogP contribution < -0.4 is 0 Å². The average molecular weight is 310 g/mol. The summed E-state index contributed by atoms with van der Waals surface area (Å²) in [5.74, 6) is -0.569. The first-order valence-electron chi connectivity index (χ1n) is 7.53. The number of carbonyl (C=O) groups excluding carboxylic acids is 1. The SMILES string of the molecule is CC(C)(C)OC(=O)N1CCC([C@H](O)c2ccncc2F)CC1. The second-order valence-corrected chi connectivity index (χ2v) is 6.65. The number of aliphatic hydroxyl groups excluding tert-OH is 1. The molecule has 0 aromatic carbocycles. The van der Waals surface area contributed by atoms with Gasteiger partial charge in [-0.1, -0.05) is 0 Å². The molecule has 0 saturated carbocycles. The molecule has 0 aliphatic carbocycles. The Hall–Kier alpha value is -1.69. The summed E-state index contributed by atoms with van der Waals surface area (Å²) in [5.41, 5.74) is -0.251. The van der Waals surface area contributed by atoms with E-state index in [0.29, 0.717) is 25.9 Å². The third-order valence-corrected chi connectivity index (χ3v) is 3.76. The quantitative estimate of drug-likeness (QED) is 0.912. The van der Waals surface area contributed by atoms with Gasteiger partial charge in [0.2, 0.25) is 0 Å². The van der Waals surface area contributed by atoms with Gasteiger partial charge in [-0.3, -0.25) is 4.98 Å². The van der Waals surface area contributed by atoms with Crippen LogP contribution in [0.2, 0.25) is 0 Å². The maximum Gasteiger partial charge on any atom is 0.410 e. The average Bonchev–Trinajstić information content (AvgIpc) is 2.45. The lowest BCUT2D eigenvalue weighted by molar-refractivity contribution is 0.00720. The fourth-order valence-electron chi connectivity index (χ4n) is 2.60. The maximum absolute atomic E-state index is 13.7. The molecule has 2 rings (SSSR count). The van der Waals surface area contributed by atoms with E-state index in [2.05, 4.69) is 4.98 Å². The van der Waals surface area contributed by atoms with E-state index >= 15 is 0 Å². The minimum Gasteiger partial charge on any atom is -0.444 e. The molecule has 1 saturated heterocycles. The smallest absolute Gasteiger partial charge is 0.410 e. The van der Waals surface area contributed by atoms with Crippen LogP contribution in [0.25, 0.3) is 0 Å². The molecule has 1 N–H and O–H groups in total.